The van der Waals surface area contributed by atoms with E-state index in [1.165, 1.54) is 5.56 Å². The predicted octanol–water partition coefficient (Wildman–Crippen LogP) is 3.23. The van der Waals surface area contributed by atoms with Crippen LogP contribution >= 0.6 is 0 Å². The number of nitrogens with two attached hydrogens (primary N) is 1. The van der Waals surface area contributed by atoms with Crippen LogP contribution in [-0.4, -0.2) is 19.1 Å². The average molecular weight is 291 g/mol. The van der Waals surface area contributed by atoms with Crippen LogP contribution < -0.4 is 15.8 Å². The van der Waals surface area contributed by atoms with Gasteiger partial charge in [0.05, 0.1) is 13.2 Å². The lowest BCUT2D eigenvalue weighted by molar-refractivity contribution is 0.314. The normalized spacial score (nSPS) is 11.8. The number of aliphatic imine (C=N–C) groups is 1. The summed E-state index contributed by atoms with van der Waals surface area (Å²) < 4.78 is 5.78. The van der Waals surface area contributed by atoms with Gasteiger partial charge in [0.15, 0.2) is 5.96 Å². The topological polar surface area (TPSA) is 59.6 Å². The summed E-state index contributed by atoms with van der Waals surface area (Å²) in [5.74, 6) is 2.07. The van der Waals surface area contributed by atoms with E-state index in [4.69, 9.17) is 10.5 Å². The maximum absolute atomic E-state index is 5.89. The lowest BCUT2D eigenvalue weighted by Crippen LogP contribution is -2.32. The van der Waals surface area contributed by atoms with Gasteiger partial charge >= 0.3 is 0 Å². The lowest BCUT2D eigenvalue weighted by Gasteiger charge is -2.11. The molecule has 4 heteroatoms. The van der Waals surface area contributed by atoms with Crippen molar-refractivity contribution in [3.63, 3.8) is 0 Å². The maximum Gasteiger partial charge on any atom is 0.188 e. The number of nitrogens with one attached hydrogen (secondary N) is 1. The molecule has 0 bridgehead atoms. The molecule has 0 saturated carbocycles. The van der Waals surface area contributed by atoms with E-state index in [1.54, 1.807) is 0 Å². The minimum atomic E-state index is 0.498. The highest BCUT2D eigenvalue weighted by Gasteiger charge is 2.04. The molecular weight excluding hydrogens is 262 g/mol. The van der Waals surface area contributed by atoms with Gasteiger partial charge in [-0.15, -0.1) is 0 Å². The molecule has 0 heterocycles. The fourth-order valence-electron chi connectivity index (χ4n) is 1.85. The molecule has 0 aromatic heterocycles. The van der Waals surface area contributed by atoms with Crippen LogP contribution in [0.2, 0.25) is 0 Å². The number of hydrogen-bond donors (Lipinski definition) is 2. The zero-order valence-corrected chi connectivity index (χ0v) is 13.8. The van der Waals surface area contributed by atoms with Gasteiger partial charge in [-0.3, -0.25) is 0 Å². The fourth-order valence-corrected chi connectivity index (χ4v) is 1.85. The fraction of sp³-hybridized carbons (Fsp3) is 0.588. The number of guanidine groups is 1. The molecule has 0 fully saturated rings. The van der Waals surface area contributed by atoms with Crippen molar-refractivity contribution in [1.82, 2.24) is 5.32 Å². The molecule has 0 aliphatic heterocycles. The molecule has 1 aromatic carbocycles. The Balaban J connectivity index is 2.60. The Morgan fingerprint density at radius 2 is 2.14 bits per heavy atom. The summed E-state index contributed by atoms with van der Waals surface area (Å²) in [5, 5.41) is 3.15. The first-order valence-corrected chi connectivity index (χ1v) is 7.79. The summed E-state index contributed by atoms with van der Waals surface area (Å²) in [6, 6.07) is 6.19. The van der Waals surface area contributed by atoms with E-state index < -0.39 is 0 Å². The van der Waals surface area contributed by atoms with Crippen LogP contribution in [0, 0.1) is 12.8 Å². The Labute approximate surface area is 128 Å². The standard InChI is InChI=1S/C17H29N3O/c1-5-10-21-16-11-14(4)6-7-15(16)12-20-17(18)19-9-8-13(2)3/h6-7,11,13H,5,8-10,12H2,1-4H3,(H3,18,19,20). The monoisotopic (exact) mass is 291 g/mol. The predicted molar refractivity (Wildman–Crippen MR) is 89.7 cm³/mol. The molecule has 0 radical (unpaired) electrons. The first-order valence-electron chi connectivity index (χ1n) is 7.79. The van der Waals surface area contributed by atoms with E-state index in [2.05, 4.69) is 56.2 Å². The smallest absolute Gasteiger partial charge is 0.188 e. The third kappa shape index (κ3) is 7.02. The molecule has 4 nitrogen and oxygen atoms in total. The molecule has 0 aliphatic carbocycles. The highest BCUT2D eigenvalue weighted by atomic mass is 16.5. The van der Waals surface area contributed by atoms with Gasteiger partial charge < -0.3 is 15.8 Å². The SMILES string of the molecule is CCCOc1cc(C)ccc1CN=C(N)NCCC(C)C. The number of hydrogen-bond acceptors (Lipinski definition) is 2. The molecule has 21 heavy (non-hydrogen) atoms. The summed E-state index contributed by atoms with van der Waals surface area (Å²) >= 11 is 0. The minimum absolute atomic E-state index is 0.498. The van der Waals surface area contributed by atoms with Crippen LogP contribution in [0.15, 0.2) is 23.2 Å². The quantitative estimate of drug-likeness (QED) is 0.571. The number of rotatable bonds is 8. The Morgan fingerprint density at radius 1 is 1.38 bits per heavy atom. The number of nitrogens with zero attached hydrogens (tertiary/aromatic N) is 1. The van der Waals surface area contributed by atoms with Gasteiger partial charge in [-0.05, 0) is 37.3 Å². The third-order valence-electron chi connectivity index (χ3n) is 3.13. The second-order valence-corrected chi connectivity index (χ2v) is 5.77. The van der Waals surface area contributed by atoms with Gasteiger partial charge in [0.2, 0.25) is 0 Å². The molecule has 118 valence electrons. The van der Waals surface area contributed by atoms with E-state index in [0.29, 0.717) is 18.4 Å². The molecule has 0 atom stereocenters. The van der Waals surface area contributed by atoms with Crippen molar-refractivity contribution >= 4 is 5.96 Å². The van der Waals surface area contributed by atoms with Crippen LogP contribution in [0.5, 0.6) is 5.75 Å². The van der Waals surface area contributed by atoms with Crippen LogP contribution in [0.25, 0.3) is 0 Å². The second-order valence-electron chi connectivity index (χ2n) is 5.77. The molecule has 0 aliphatic rings. The van der Waals surface area contributed by atoms with E-state index in [1.807, 2.05) is 0 Å². The molecule has 0 spiro atoms. The van der Waals surface area contributed by atoms with Gasteiger partial charge in [0.25, 0.3) is 0 Å². The molecule has 0 saturated heterocycles. The first kappa shape index (κ1) is 17.3. The van der Waals surface area contributed by atoms with Gasteiger partial charge in [0.1, 0.15) is 5.75 Å². The molecule has 0 amide bonds. The summed E-state index contributed by atoms with van der Waals surface area (Å²) in [4.78, 5) is 4.39. The van der Waals surface area contributed by atoms with Crippen molar-refractivity contribution in [3.05, 3.63) is 29.3 Å². The maximum atomic E-state index is 5.89. The largest absolute Gasteiger partial charge is 0.493 e. The van der Waals surface area contributed by atoms with E-state index in [-0.39, 0.29) is 0 Å². The average Bonchev–Trinajstić information content (AvgIpc) is 2.43. The summed E-state index contributed by atoms with van der Waals surface area (Å²) in [6.45, 7) is 10.7. The lowest BCUT2D eigenvalue weighted by atomic mass is 10.1. The van der Waals surface area contributed by atoms with Crippen molar-refractivity contribution in [2.24, 2.45) is 16.6 Å². The van der Waals surface area contributed by atoms with Crippen LogP contribution in [0.3, 0.4) is 0 Å². The van der Waals surface area contributed by atoms with Crippen LogP contribution in [-0.2, 0) is 6.54 Å². The second kappa shape index (κ2) is 9.27. The molecular formula is C17H29N3O. The Bertz CT molecular complexity index is 455. The van der Waals surface area contributed by atoms with Crippen LogP contribution in [0.4, 0.5) is 0 Å². The van der Waals surface area contributed by atoms with Crippen LogP contribution in [0.1, 0.15) is 44.7 Å². The summed E-state index contributed by atoms with van der Waals surface area (Å²) in [5.41, 5.74) is 8.15. The minimum Gasteiger partial charge on any atom is -0.493 e. The van der Waals surface area contributed by atoms with Crippen molar-refractivity contribution < 1.29 is 4.74 Å². The number of ether oxygens (including phenoxy) is 1. The van der Waals surface area contributed by atoms with Gasteiger partial charge in [-0.25, -0.2) is 4.99 Å². The molecule has 3 N–H and O–H groups in total. The Hall–Kier alpha value is -1.71. The van der Waals surface area contributed by atoms with E-state index in [0.717, 1.165) is 37.3 Å². The highest BCUT2D eigenvalue weighted by Crippen LogP contribution is 2.21. The summed E-state index contributed by atoms with van der Waals surface area (Å²) in [6.07, 6.45) is 2.08. The molecule has 1 rings (SSSR count). The van der Waals surface area contributed by atoms with E-state index >= 15 is 0 Å². The Morgan fingerprint density at radius 3 is 2.81 bits per heavy atom. The molecule has 1 aromatic rings. The van der Waals surface area contributed by atoms with Gasteiger partial charge in [-0.1, -0.05) is 32.9 Å². The van der Waals surface area contributed by atoms with Gasteiger partial charge in [-0.2, -0.15) is 0 Å². The Kier molecular flexibility index (Phi) is 7.65. The summed E-state index contributed by atoms with van der Waals surface area (Å²) in [7, 11) is 0. The molecule has 0 unspecified atom stereocenters. The number of aryl methyl sites for hydroxylation is 1. The first-order chi connectivity index (χ1) is 10.0. The van der Waals surface area contributed by atoms with Gasteiger partial charge in [0, 0.05) is 12.1 Å². The van der Waals surface area contributed by atoms with Crippen molar-refractivity contribution in [2.75, 3.05) is 13.2 Å². The van der Waals surface area contributed by atoms with Crippen molar-refractivity contribution in [3.8, 4) is 5.75 Å². The highest BCUT2D eigenvalue weighted by molar-refractivity contribution is 5.77. The number of benzene rings is 1. The van der Waals surface area contributed by atoms with Crippen molar-refractivity contribution in [1.29, 1.82) is 0 Å². The zero-order valence-electron chi connectivity index (χ0n) is 13.8. The zero-order chi connectivity index (χ0) is 15.7. The van der Waals surface area contributed by atoms with E-state index in [9.17, 15) is 0 Å². The van der Waals surface area contributed by atoms with Crippen molar-refractivity contribution in [2.45, 2.75) is 47.1 Å². The third-order valence-corrected chi connectivity index (χ3v) is 3.13.